The maximum absolute atomic E-state index is 12.6. The summed E-state index contributed by atoms with van der Waals surface area (Å²) in [5.74, 6) is 1.65. The SMILES string of the molecule is CCCNC(=O)CCCCC(=O)N(CCC)CCc1ccc(OC)c(OC)c1. The molecule has 6 nitrogen and oxygen atoms in total. The molecule has 1 aromatic carbocycles. The molecule has 0 atom stereocenters. The number of benzene rings is 1. The van der Waals surface area contributed by atoms with Crippen LogP contribution in [0.15, 0.2) is 18.2 Å². The van der Waals surface area contributed by atoms with Crippen LogP contribution in [0.5, 0.6) is 11.5 Å². The summed E-state index contributed by atoms with van der Waals surface area (Å²) >= 11 is 0. The normalized spacial score (nSPS) is 10.4. The number of rotatable bonds is 14. The van der Waals surface area contributed by atoms with Crippen molar-refractivity contribution in [3.63, 3.8) is 0 Å². The number of unbranched alkanes of at least 4 members (excludes halogenated alkanes) is 1. The van der Waals surface area contributed by atoms with E-state index in [1.807, 2.05) is 30.0 Å². The highest BCUT2D eigenvalue weighted by Crippen LogP contribution is 2.27. The van der Waals surface area contributed by atoms with Gasteiger partial charge in [0.15, 0.2) is 11.5 Å². The lowest BCUT2D eigenvalue weighted by atomic mass is 10.1. The molecule has 0 spiro atoms. The first-order valence-corrected chi connectivity index (χ1v) is 10.3. The van der Waals surface area contributed by atoms with Crippen LogP contribution < -0.4 is 14.8 Å². The van der Waals surface area contributed by atoms with E-state index in [4.69, 9.17) is 9.47 Å². The molecule has 0 aromatic heterocycles. The Bertz CT molecular complexity index is 604. The molecule has 0 aliphatic heterocycles. The second-order valence-corrected chi connectivity index (χ2v) is 6.88. The second-order valence-electron chi connectivity index (χ2n) is 6.88. The van der Waals surface area contributed by atoms with E-state index in [0.29, 0.717) is 30.9 Å². The third kappa shape index (κ3) is 8.63. The fraction of sp³-hybridized carbons (Fsp3) is 0.636. The third-order valence-corrected chi connectivity index (χ3v) is 4.58. The summed E-state index contributed by atoms with van der Waals surface area (Å²) in [6.07, 6.45) is 5.12. The van der Waals surface area contributed by atoms with Crippen LogP contribution in [0.4, 0.5) is 0 Å². The lowest BCUT2D eigenvalue weighted by molar-refractivity contribution is -0.131. The zero-order chi connectivity index (χ0) is 20.8. The summed E-state index contributed by atoms with van der Waals surface area (Å²) in [7, 11) is 3.24. The van der Waals surface area contributed by atoms with Gasteiger partial charge in [-0.3, -0.25) is 9.59 Å². The lowest BCUT2D eigenvalue weighted by Crippen LogP contribution is -2.33. The van der Waals surface area contributed by atoms with Gasteiger partial charge >= 0.3 is 0 Å². The number of carbonyl (C=O) groups is 2. The predicted molar refractivity (Wildman–Crippen MR) is 112 cm³/mol. The molecule has 0 radical (unpaired) electrons. The first kappa shape index (κ1) is 23.8. The number of hydrogen-bond acceptors (Lipinski definition) is 4. The highest BCUT2D eigenvalue weighted by Gasteiger charge is 2.13. The molecule has 1 aromatic rings. The Morgan fingerprint density at radius 2 is 1.68 bits per heavy atom. The van der Waals surface area contributed by atoms with Gasteiger partial charge in [-0.2, -0.15) is 0 Å². The van der Waals surface area contributed by atoms with Crippen molar-refractivity contribution < 1.29 is 19.1 Å². The zero-order valence-electron chi connectivity index (χ0n) is 17.9. The molecule has 2 amide bonds. The maximum Gasteiger partial charge on any atom is 0.222 e. The number of carbonyl (C=O) groups excluding carboxylic acids is 2. The van der Waals surface area contributed by atoms with Crippen LogP contribution in [0.1, 0.15) is 57.9 Å². The molecule has 0 unspecified atom stereocenters. The van der Waals surface area contributed by atoms with E-state index in [1.165, 1.54) is 0 Å². The van der Waals surface area contributed by atoms with E-state index < -0.39 is 0 Å². The van der Waals surface area contributed by atoms with Crippen LogP contribution in [0.3, 0.4) is 0 Å². The van der Waals surface area contributed by atoms with Crippen LogP contribution in [0, 0.1) is 0 Å². The van der Waals surface area contributed by atoms with Crippen molar-refractivity contribution in [3.8, 4) is 11.5 Å². The zero-order valence-corrected chi connectivity index (χ0v) is 17.9. The molecule has 0 heterocycles. The van der Waals surface area contributed by atoms with Gasteiger partial charge in [0.2, 0.25) is 11.8 Å². The van der Waals surface area contributed by atoms with Gasteiger partial charge < -0.3 is 19.7 Å². The first-order valence-electron chi connectivity index (χ1n) is 10.3. The summed E-state index contributed by atoms with van der Waals surface area (Å²) < 4.78 is 10.6. The van der Waals surface area contributed by atoms with Gasteiger partial charge in [-0.25, -0.2) is 0 Å². The van der Waals surface area contributed by atoms with Gasteiger partial charge in [-0.15, -0.1) is 0 Å². The number of methoxy groups -OCH3 is 2. The van der Waals surface area contributed by atoms with Gasteiger partial charge in [0, 0.05) is 32.5 Å². The molecule has 0 saturated carbocycles. The monoisotopic (exact) mass is 392 g/mol. The maximum atomic E-state index is 12.6. The Morgan fingerprint density at radius 1 is 0.964 bits per heavy atom. The average molecular weight is 393 g/mol. The molecule has 28 heavy (non-hydrogen) atoms. The van der Waals surface area contributed by atoms with E-state index in [0.717, 1.165) is 50.8 Å². The number of ether oxygens (including phenoxy) is 2. The Hall–Kier alpha value is -2.24. The highest BCUT2D eigenvalue weighted by atomic mass is 16.5. The lowest BCUT2D eigenvalue weighted by Gasteiger charge is -2.22. The van der Waals surface area contributed by atoms with Gasteiger partial charge in [-0.1, -0.05) is 19.9 Å². The van der Waals surface area contributed by atoms with Gasteiger partial charge in [0.05, 0.1) is 14.2 Å². The van der Waals surface area contributed by atoms with E-state index >= 15 is 0 Å². The van der Waals surface area contributed by atoms with Gasteiger partial charge in [0.25, 0.3) is 0 Å². The number of nitrogens with one attached hydrogen (secondary N) is 1. The van der Waals surface area contributed by atoms with Crippen molar-refractivity contribution in [2.75, 3.05) is 33.9 Å². The van der Waals surface area contributed by atoms with Crippen molar-refractivity contribution in [1.29, 1.82) is 0 Å². The smallest absolute Gasteiger partial charge is 0.222 e. The summed E-state index contributed by atoms with van der Waals surface area (Å²) in [6, 6.07) is 5.86. The molecule has 158 valence electrons. The molecular weight excluding hydrogens is 356 g/mol. The van der Waals surface area contributed by atoms with Crippen LogP contribution in [0.2, 0.25) is 0 Å². The summed E-state index contributed by atoms with van der Waals surface area (Å²) in [5, 5.41) is 2.87. The predicted octanol–water partition coefficient (Wildman–Crippen LogP) is 3.57. The molecular formula is C22H36N2O4. The van der Waals surface area contributed by atoms with Crippen LogP contribution in [0.25, 0.3) is 0 Å². The van der Waals surface area contributed by atoms with Crippen molar-refractivity contribution in [3.05, 3.63) is 23.8 Å². The minimum atomic E-state index is 0.0770. The second kappa shape index (κ2) is 13.9. The number of hydrogen-bond donors (Lipinski definition) is 1. The Kier molecular flexibility index (Phi) is 11.8. The molecule has 0 bridgehead atoms. The molecule has 0 aliphatic rings. The Labute approximate surface area is 169 Å². The molecule has 0 aliphatic carbocycles. The standard InChI is InChI=1S/C22H36N2O4/c1-5-14-23-21(25)9-7-8-10-22(26)24(15-6-2)16-13-18-11-12-19(27-3)20(17-18)28-4/h11-12,17H,5-10,13-16H2,1-4H3,(H,23,25). The van der Waals surface area contributed by atoms with E-state index in [2.05, 4.69) is 12.2 Å². The quantitative estimate of drug-likeness (QED) is 0.492. The van der Waals surface area contributed by atoms with Crippen LogP contribution in [-0.2, 0) is 16.0 Å². The number of nitrogens with zero attached hydrogens (tertiary/aromatic N) is 1. The van der Waals surface area contributed by atoms with Crippen molar-refractivity contribution in [2.45, 2.75) is 58.8 Å². The fourth-order valence-corrected chi connectivity index (χ4v) is 3.00. The first-order chi connectivity index (χ1) is 13.5. The largest absolute Gasteiger partial charge is 0.493 e. The van der Waals surface area contributed by atoms with Crippen molar-refractivity contribution in [1.82, 2.24) is 10.2 Å². The molecule has 0 saturated heterocycles. The highest BCUT2D eigenvalue weighted by molar-refractivity contribution is 5.77. The number of amides is 2. The Balaban J connectivity index is 2.47. The summed E-state index contributed by atoms with van der Waals surface area (Å²) in [4.78, 5) is 26.1. The third-order valence-electron chi connectivity index (χ3n) is 4.58. The van der Waals surface area contributed by atoms with Crippen LogP contribution >= 0.6 is 0 Å². The molecule has 6 heteroatoms. The van der Waals surface area contributed by atoms with Crippen LogP contribution in [-0.4, -0.2) is 50.6 Å². The van der Waals surface area contributed by atoms with E-state index in [-0.39, 0.29) is 11.8 Å². The Morgan fingerprint density at radius 3 is 2.32 bits per heavy atom. The summed E-state index contributed by atoms with van der Waals surface area (Å²) in [6.45, 7) is 6.26. The van der Waals surface area contributed by atoms with E-state index in [9.17, 15) is 9.59 Å². The van der Waals surface area contributed by atoms with Crippen molar-refractivity contribution in [2.24, 2.45) is 0 Å². The molecule has 0 fully saturated rings. The fourth-order valence-electron chi connectivity index (χ4n) is 3.00. The topological polar surface area (TPSA) is 67.9 Å². The molecule has 1 rings (SSSR count). The minimum Gasteiger partial charge on any atom is -0.493 e. The summed E-state index contributed by atoms with van der Waals surface area (Å²) in [5.41, 5.74) is 1.11. The van der Waals surface area contributed by atoms with Crippen molar-refractivity contribution >= 4 is 11.8 Å². The van der Waals surface area contributed by atoms with Gasteiger partial charge in [-0.05, 0) is 49.8 Å². The minimum absolute atomic E-state index is 0.0770. The average Bonchev–Trinajstić information content (AvgIpc) is 2.72. The molecule has 1 N–H and O–H groups in total. The van der Waals surface area contributed by atoms with E-state index in [1.54, 1.807) is 14.2 Å². The van der Waals surface area contributed by atoms with Gasteiger partial charge in [0.1, 0.15) is 0 Å².